The molecule has 1 aliphatic rings. The van der Waals surface area contributed by atoms with Crippen LogP contribution in [0.1, 0.15) is 39.5 Å². The standard InChI is InChI=1S/C16H24O4/c1-5-7-16(10-15(18)19-4)8-6-13(9-14(16)17)20-11-12(2)3/h5,9,12H,1,6-8,10-11H2,2-4H3. The molecule has 0 aromatic rings. The van der Waals surface area contributed by atoms with E-state index in [9.17, 15) is 9.59 Å². The molecule has 0 saturated heterocycles. The molecule has 112 valence electrons. The minimum absolute atomic E-state index is 0.0622. The largest absolute Gasteiger partial charge is 0.498 e. The Hall–Kier alpha value is -1.58. The molecule has 0 radical (unpaired) electrons. The van der Waals surface area contributed by atoms with Gasteiger partial charge in [0.15, 0.2) is 5.78 Å². The highest BCUT2D eigenvalue weighted by molar-refractivity contribution is 5.98. The number of allylic oxidation sites excluding steroid dienone is 3. The molecule has 0 spiro atoms. The maximum atomic E-state index is 12.4. The Balaban J connectivity index is 2.82. The predicted octanol–water partition coefficient (Wildman–Crippen LogP) is 3.03. The van der Waals surface area contributed by atoms with Crippen molar-refractivity contribution in [3.05, 3.63) is 24.5 Å². The molecule has 0 amide bonds. The Labute approximate surface area is 120 Å². The molecule has 4 heteroatoms. The predicted molar refractivity (Wildman–Crippen MR) is 77.0 cm³/mol. The average Bonchev–Trinajstić information content (AvgIpc) is 2.40. The summed E-state index contributed by atoms with van der Waals surface area (Å²) in [6.07, 6.45) is 5.07. The Kier molecular flexibility index (Phi) is 5.99. The van der Waals surface area contributed by atoms with Gasteiger partial charge >= 0.3 is 5.97 Å². The van der Waals surface area contributed by atoms with Crippen molar-refractivity contribution in [2.75, 3.05) is 13.7 Å². The number of carbonyl (C=O) groups is 2. The number of methoxy groups -OCH3 is 1. The summed E-state index contributed by atoms with van der Waals surface area (Å²) in [7, 11) is 1.34. The van der Waals surface area contributed by atoms with Crippen LogP contribution >= 0.6 is 0 Å². The zero-order chi connectivity index (χ0) is 15.2. The second-order valence-corrected chi connectivity index (χ2v) is 5.71. The molecule has 1 unspecified atom stereocenters. The van der Waals surface area contributed by atoms with Crippen LogP contribution in [0.3, 0.4) is 0 Å². The van der Waals surface area contributed by atoms with E-state index in [2.05, 4.69) is 20.4 Å². The smallest absolute Gasteiger partial charge is 0.306 e. The number of carbonyl (C=O) groups excluding carboxylic acids is 2. The van der Waals surface area contributed by atoms with Gasteiger partial charge in [-0.05, 0) is 18.8 Å². The fraction of sp³-hybridized carbons (Fsp3) is 0.625. The second kappa shape index (κ2) is 7.27. The SMILES string of the molecule is C=CCC1(CC(=O)OC)CCC(OCC(C)C)=CC1=O. The molecule has 1 atom stereocenters. The van der Waals surface area contributed by atoms with Crippen molar-refractivity contribution in [2.24, 2.45) is 11.3 Å². The van der Waals surface area contributed by atoms with E-state index in [1.807, 2.05) is 0 Å². The van der Waals surface area contributed by atoms with Gasteiger partial charge in [0.25, 0.3) is 0 Å². The third-order valence-corrected chi connectivity index (χ3v) is 3.51. The molecule has 0 aromatic carbocycles. The topological polar surface area (TPSA) is 52.6 Å². The van der Waals surface area contributed by atoms with Crippen LogP contribution < -0.4 is 0 Å². The van der Waals surface area contributed by atoms with Crippen molar-refractivity contribution in [1.29, 1.82) is 0 Å². The number of esters is 1. The first-order valence-electron chi connectivity index (χ1n) is 6.99. The van der Waals surface area contributed by atoms with E-state index in [4.69, 9.17) is 9.47 Å². The van der Waals surface area contributed by atoms with Crippen LogP contribution in [0.15, 0.2) is 24.5 Å². The first-order chi connectivity index (χ1) is 9.43. The van der Waals surface area contributed by atoms with E-state index in [-0.39, 0.29) is 18.2 Å². The van der Waals surface area contributed by atoms with Crippen LogP contribution in [-0.2, 0) is 19.1 Å². The summed E-state index contributed by atoms with van der Waals surface area (Å²) >= 11 is 0. The van der Waals surface area contributed by atoms with Crippen LogP contribution in [0.4, 0.5) is 0 Å². The summed E-state index contributed by atoms with van der Waals surface area (Å²) in [5.41, 5.74) is -0.709. The Morgan fingerprint density at radius 1 is 1.55 bits per heavy atom. The molecular weight excluding hydrogens is 256 g/mol. The second-order valence-electron chi connectivity index (χ2n) is 5.71. The minimum atomic E-state index is -0.709. The molecule has 1 aliphatic carbocycles. The molecule has 0 saturated carbocycles. The Morgan fingerprint density at radius 3 is 2.75 bits per heavy atom. The summed E-state index contributed by atoms with van der Waals surface area (Å²) in [5.74, 6) is 0.710. The lowest BCUT2D eigenvalue weighted by molar-refractivity contribution is -0.147. The number of hydrogen-bond acceptors (Lipinski definition) is 4. The van der Waals surface area contributed by atoms with Crippen molar-refractivity contribution in [2.45, 2.75) is 39.5 Å². The third-order valence-electron chi connectivity index (χ3n) is 3.51. The maximum Gasteiger partial charge on any atom is 0.306 e. The van der Waals surface area contributed by atoms with Gasteiger partial charge in [0.2, 0.25) is 0 Å². The van der Waals surface area contributed by atoms with E-state index in [0.29, 0.717) is 37.5 Å². The molecule has 0 aliphatic heterocycles. The summed E-state index contributed by atoms with van der Waals surface area (Å²) in [6.45, 7) is 8.41. The lowest BCUT2D eigenvalue weighted by Crippen LogP contribution is -2.35. The molecule has 0 aromatic heterocycles. The van der Waals surface area contributed by atoms with E-state index < -0.39 is 5.41 Å². The van der Waals surface area contributed by atoms with Gasteiger partial charge in [0, 0.05) is 17.9 Å². The van der Waals surface area contributed by atoms with Crippen LogP contribution in [0.25, 0.3) is 0 Å². The summed E-state index contributed by atoms with van der Waals surface area (Å²) in [6, 6.07) is 0. The van der Waals surface area contributed by atoms with E-state index >= 15 is 0 Å². The highest BCUT2D eigenvalue weighted by Crippen LogP contribution is 2.40. The zero-order valence-corrected chi connectivity index (χ0v) is 12.6. The van der Waals surface area contributed by atoms with Crippen LogP contribution in [0.2, 0.25) is 0 Å². The summed E-state index contributed by atoms with van der Waals surface area (Å²) in [4.78, 5) is 23.9. The highest BCUT2D eigenvalue weighted by atomic mass is 16.5. The van der Waals surface area contributed by atoms with Crippen molar-refractivity contribution in [3.63, 3.8) is 0 Å². The molecule has 0 fully saturated rings. The number of ether oxygens (including phenoxy) is 2. The summed E-state index contributed by atoms with van der Waals surface area (Å²) in [5, 5.41) is 0. The molecule has 20 heavy (non-hydrogen) atoms. The van der Waals surface area contributed by atoms with E-state index in [1.54, 1.807) is 12.2 Å². The van der Waals surface area contributed by atoms with Gasteiger partial charge in [-0.25, -0.2) is 0 Å². The third kappa shape index (κ3) is 4.22. The minimum Gasteiger partial charge on any atom is -0.498 e. The van der Waals surface area contributed by atoms with Gasteiger partial charge in [-0.3, -0.25) is 9.59 Å². The van der Waals surface area contributed by atoms with Crippen molar-refractivity contribution < 1.29 is 19.1 Å². The van der Waals surface area contributed by atoms with Crippen LogP contribution in [0.5, 0.6) is 0 Å². The van der Waals surface area contributed by atoms with Gasteiger partial charge in [-0.15, -0.1) is 6.58 Å². The monoisotopic (exact) mass is 280 g/mol. The Morgan fingerprint density at radius 2 is 2.25 bits per heavy atom. The van der Waals surface area contributed by atoms with Gasteiger partial charge in [-0.1, -0.05) is 19.9 Å². The molecule has 0 heterocycles. The van der Waals surface area contributed by atoms with Crippen molar-refractivity contribution in [1.82, 2.24) is 0 Å². The van der Waals surface area contributed by atoms with Gasteiger partial charge in [-0.2, -0.15) is 0 Å². The highest BCUT2D eigenvalue weighted by Gasteiger charge is 2.41. The molecule has 4 nitrogen and oxygen atoms in total. The van der Waals surface area contributed by atoms with Crippen LogP contribution in [-0.4, -0.2) is 25.5 Å². The summed E-state index contributed by atoms with van der Waals surface area (Å²) < 4.78 is 10.3. The fourth-order valence-electron chi connectivity index (χ4n) is 2.32. The van der Waals surface area contributed by atoms with E-state index in [1.165, 1.54) is 7.11 Å². The van der Waals surface area contributed by atoms with E-state index in [0.717, 1.165) is 0 Å². The van der Waals surface area contributed by atoms with Crippen molar-refractivity contribution >= 4 is 11.8 Å². The lowest BCUT2D eigenvalue weighted by atomic mass is 9.70. The van der Waals surface area contributed by atoms with Gasteiger partial charge in [0.1, 0.15) is 0 Å². The van der Waals surface area contributed by atoms with Crippen LogP contribution in [0, 0.1) is 11.3 Å². The van der Waals surface area contributed by atoms with Crippen molar-refractivity contribution in [3.8, 4) is 0 Å². The fourth-order valence-corrected chi connectivity index (χ4v) is 2.32. The maximum absolute atomic E-state index is 12.4. The molecule has 0 N–H and O–H groups in total. The number of hydrogen-bond donors (Lipinski definition) is 0. The zero-order valence-electron chi connectivity index (χ0n) is 12.6. The quantitative estimate of drug-likeness (QED) is 0.531. The normalized spacial score (nSPS) is 22.4. The van der Waals surface area contributed by atoms with Gasteiger partial charge in [0.05, 0.1) is 25.9 Å². The lowest BCUT2D eigenvalue weighted by Gasteiger charge is -2.33. The number of ketones is 1. The molecular formula is C16H24O4. The Bertz CT molecular complexity index is 409. The molecule has 1 rings (SSSR count). The molecule has 0 bridgehead atoms. The number of rotatable bonds is 7. The first kappa shape index (κ1) is 16.5. The average molecular weight is 280 g/mol. The van der Waals surface area contributed by atoms with Gasteiger partial charge < -0.3 is 9.47 Å². The first-order valence-corrected chi connectivity index (χ1v) is 6.99.